The summed E-state index contributed by atoms with van der Waals surface area (Å²) in [6.07, 6.45) is 3.60. The molecule has 2 rings (SSSR count). The van der Waals surface area contributed by atoms with E-state index in [1.165, 1.54) is 6.20 Å². The number of pyridine rings is 1. The summed E-state index contributed by atoms with van der Waals surface area (Å²) in [5, 5.41) is 11.6. The summed E-state index contributed by atoms with van der Waals surface area (Å²) >= 11 is 0. The van der Waals surface area contributed by atoms with Gasteiger partial charge in [-0.1, -0.05) is 0 Å². The van der Waals surface area contributed by atoms with Gasteiger partial charge in [0, 0.05) is 11.9 Å². The average Bonchev–Trinajstić information content (AvgIpc) is 3.10. The Hall–Kier alpha value is -1.89. The van der Waals surface area contributed by atoms with Crippen molar-refractivity contribution < 1.29 is 4.79 Å². The third-order valence-corrected chi connectivity index (χ3v) is 2.69. The fourth-order valence-corrected chi connectivity index (χ4v) is 1.51. The maximum atomic E-state index is 11.8. The molecule has 1 aliphatic rings. The van der Waals surface area contributed by atoms with Crippen molar-refractivity contribution in [1.82, 2.24) is 10.3 Å². The molecule has 1 heterocycles. The van der Waals surface area contributed by atoms with Crippen molar-refractivity contribution in [2.75, 3.05) is 0 Å². The molecule has 1 amide bonds. The lowest BCUT2D eigenvalue weighted by molar-refractivity contribution is 0.0941. The molecule has 0 radical (unpaired) electrons. The highest BCUT2D eigenvalue weighted by molar-refractivity contribution is 5.94. The lowest BCUT2D eigenvalue weighted by atomic mass is 10.2. The average molecular weight is 215 g/mol. The number of nitriles is 1. The molecular formula is C12H13N3O. The Bertz CT molecular complexity index is 429. The number of rotatable bonds is 3. The fourth-order valence-electron chi connectivity index (χ4n) is 1.51. The van der Waals surface area contributed by atoms with Crippen LogP contribution in [0.2, 0.25) is 0 Å². The van der Waals surface area contributed by atoms with Gasteiger partial charge in [0.25, 0.3) is 5.91 Å². The Balaban J connectivity index is 2.02. The van der Waals surface area contributed by atoms with Crippen LogP contribution in [0.3, 0.4) is 0 Å². The first kappa shape index (κ1) is 10.6. The molecule has 0 bridgehead atoms. The van der Waals surface area contributed by atoms with E-state index in [1.54, 1.807) is 12.1 Å². The second-order valence-corrected chi connectivity index (χ2v) is 4.11. The second kappa shape index (κ2) is 4.31. The van der Waals surface area contributed by atoms with Crippen molar-refractivity contribution in [2.24, 2.45) is 5.92 Å². The van der Waals surface area contributed by atoms with E-state index >= 15 is 0 Å². The molecule has 0 aromatic carbocycles. The highest BCUT2D eigenvalue weighted by atomic mass is 16.1. The number of hydrogen-bond donors (Lipinski definition) is 1. The zero-order valence-corrected chi connectivity index (χ0v) is 9.10. The molecule has 1 fully saturated rings. The van der Waals surface area contributed by atoms with Crippen LogP contribution in [0.15, 0.2) is 18.3 Å². The van der Waals surface area contributed by atoms with Gasteiger partial charge in [-0.3, -0.25) is 9.78 Å². The molecule has 1 aromatic rings. The van der Waals surface area contributed by atoms with Gasteiger partial charge in [-0.2, -0.15) is 5.26 Å². The van der Waals surface area contributed by atoms with Crippen molar-refractivity contribution in [1.29, 1.82) is 5.26 Å². The van der Waals surface area contributed by atoms with Crippen molar-refractivity contribution in [2.45, 2.75) is 25.8 Å². The minimum Gasteiger partial charge on any atom is -0.336 e. The molecule has 0 spiro atoms. The van der Waals surface area contributed by atoms with E-state index < -0.39 is 0 Å². The van der Waals surface area contributed by atoms with Crippen molar-refractivity contribution >= 4 is 5.91 Å². The Labute approximate surface area is 94.3 Å². The minimum atomic E-state index is -0.353. The van der Waals surface area contributed by atoms with Crippen LogP contribution in [0.1, 0.15) is 28.9 Å². The molecule has 1 saturated carbocycles. The minimum absolute atomic E-state index is 0.217. The second-order valence-electron chi connectivity index (χ2n) is 4.11. The van der Waals surface area contributed by atoms with Crippen LogP contribution in [0.4, 0.5) is 0 Å². The molecule has 4 nitrogen and oxygen atoms in total. The smallest absolute Gasteiger partial charge is 0.253 e. The molecule has 0 saturated heterocycles. The number of amides is 1. The summed E-state index contributed by atoms with van der Waals surface area (Å²) in [5.41, 5.74) is 1.38. The zero-order chi connectivity index (χ0) is 11.5. The fraction of sp³-hybridized carbons (Fsp3) is 0.417. The van der Waals surface area contributed by atoms with Gasteiger partial charge >= 0.3 is 0 Å². The summed E-state index contributed by atoms with van der Waals surface area (Å²) in [6.45, 7) is 1.87. The molecule has 1 aromatic heterocycles. The molecule has 0 aliphatic heterocycles. The summed E-state index contributed by atoms with van der Waals surface area (Å²) in [4.78, 5) is 15.8. The van der Waals surface area contributed by atoms with Crippen molar-refractivity contribution in [3.63, 3.8) is 0 Å². The predicted octanol–water partition coefficient (Wildman–Crippen LogP) is 1.42. The van der Waals surface area contributed by atoms with Gasteiger partial charge < -0.3 is 5.32 Å². The Morgan fingerprint density at radius 3 is 2.88 bits per heavy atom. The van der Waals surface area contributed by atoms with Gasteiger partial charge in [0.05, 0.1) is 11.6 Å². The van der Waals surface area contributed by atoms with Gasteiger partial charge in [0.1, 0.15) is 6.04 Å². The highest BCUT2D eigenvalue weighted by Gasteiger charge is 2.32. The maximum absolute atomic E-state index is 11.8. The zero-order valence-electron chi connectivity index (χ0n) is 9.10. The van der Waals surface area contributed by atoms with E-state index in [0.717, 1.165) is 18.5 Å². The molecule has 16 heavy (non-hydrogen) atoms. The summed E-state index contributed by atoms with van der Waals surface area (Å²) in [5.74, 6) is 0.123. The third kappa shape index (κ3) is 2.37. The largest absolute Gasteiger partial charge is 0.336 e. The van der Waals surface area contributed by atoms with Crippen LogP contribution in [-0.4, -0.2) is 16.9 Å². The van der Waals surface area contributed by atoms with Gasteiger partial charge in [-0.05, 0) is 37.8 Å². The van der Waals surface area contributed by atoms with Gasteiger partial charge in [0.15, 0.2) is 0 Å². The van der Waals surface area contributed by atoms with E-state index in [2.05, 4.69) is 16.4 Å². The first-order chi connectivity index (χ1) is 7.70. The lowest BCUT2D eigenvalue weighted by Crippen LogP contribution is -2.35. The Kier molecular flexibility index (Phi) is 2.86. The lowest BCUT2D eigenvalue weighted by Gasteiger charge is -2.09. The first-order valence-electron chi connectivity index (χ1n) is 5.34. The maximum Gasteiger partial charge on any atom is 0.253 e. The normalized spacial score (nSPS) is 16.2. The standard InChI is InChI=1S/C12H13N3O/c1-8-2-3-10(7-14-8)12(16)15-11(6-13)9-4-5-9/h2-3,7,9,11H,4-5H2,1H3,(H,15,16). The van der Waals surface area contributed by atoms with E-state index in [-0.39, 0.29) is 11.9 Å². The number of carbonyl (C=O) groups is 1. The predicted molar refractivity (Wildman–Crippen MR) is 58.6 cm³/mol. The van der Waals surface area contributed by atoms with Gasteiger partial charge in [-0.25, -0.2) is 0 Å². The van der Waals surface area contributed by atoms with E-state index in [1.807, 2.05) is 6.92 Å². The van der Waals surface area contributed by atoms with E-state index in [4.69, 9.17) is 5.26 Å². The van der Waals surface area contributed by atoms with Gasteiger partial charge in [0.2, 0.25) is 0 Å². The van der Waals surface area contributed by atoms with Crippen LogP contribution in [0.5, 0.6) is 0 Å². The van der Waals surface area contributed by atoms with Crippen LogP contribution in [-0.2, 0) is 0 Å². The highest BCUT2D eigenvalue weighted by Crippen LogP contribution is 2.32. The van der Waals surface area contributed by atoms with Crippen LogP contribution < -0.4 is 5.32 Å². The summed E-state index contributed by atoms with van der Waals surface area (Å²) in [6, 6.07) is 5.28. The first-order valence-corrected chi connectivity index (χ1v) is 5.34. The Morgan fingerprint density at radius 2 is 2.38 bits per heavy atom. The number of aryl methyl sites for hydroxylation is 1. The summed E-state index contributed by atoms with van der Waals surface area (Å²) < 4.78 is 0. The molecule has 1 atom stereocenters. The molecule has 4 heteroatoms. The quantitative estimate of drug-likeness (QED) is 0.829. The number of nitrogens with zero attached hydrogens (tertiary/aromatic N) is 2. The number of carbonyl (C=O) groups excluding carboxylic acids is 1. The molecule has 1 aliphatic carbocycles. The van der Waals surface area contributed by atoms with E-state index in [9.17, 15) is 4.79 Å². The van der Waals surface area contributed by atoms with Crippen molar-refractivity contribution in [3.8, 4) is 6.07 Å². The summed E-state index contributed by atoms with van der Waals surface area (Å²) in [7, 11) is 0. The molecule has 1 unspecified atom stereocenters. The SMILES string of the molecule is Cc1ccc(C(=O)NC(C#N)C2CC2)cn1. The van der Waals surface area contributed by atoms with Crippen LogP contribution in [0, 0.1) is 24.2 Å². The molecule has 82 valence electrons. The molecular weight excluding hydrogens is 202 g/mol. The topological polar surface area (TPSA) is 65.8 Å². The van der Waals surface area contributed by atoms with E-state index in [0.29, 0.717) is 11.5 Å². The molecule has 1 N–H and O–H groups in total. The van der Waals surface area contributed by atoms with Crippen LogP contribution in [0.25, 0.3) is 0 Å². The number of hydrogen-bond acceptors (Lipinski definition) is 3. The van der Waals surface area contributed by atoms with Crippen molar-refractivity contribution in [3.05, 3.63) is 29.6 Å². The number of aromatic nitrogens is 1. The number of nitrogens with one attached hydrogen (secondary N) is 1. The van der Waals surface area contributed by atoms with Gasteiger partial charge in [-0.15, -0.1) is 0 Å². The Morgan fingerprint density at radius 1 is 1.62 bits per heavy atom. The third-order valence-electron chi connectivity index (χ3n) is 2.69. The van der Waals surface area contributed by atoms with Crippen LogP contribution >= 0.6 is 0 Å². The monoisotopic (exact) mass is 215 g/mol.